The summed E-state index contributed by atoms with van der Waals surface area (Å²) in [4.78, 5) is 22.7. The normalized spacial score (nSPS) is 14.2. The van der Waals surface area contributed by atoms with Crippen LogP contribution in [-0.4, -0.2) is 47.8 Å². The van der Waals surface area contributed by atoms with E-state index in [-0.39, 0.29) is 25.7 Å². The molecule has 5 N–H and O–H groups in total. The average molecular weight is 745 g/mol. The summed E-state index contributed by atoms with van der Waals surface area (Å²) in [7, 11) is -4.33. The number of nitrogens with one attached hydrogen (secondary N) is 1. The van der Waals surface area contributed by atoms with Crippen LogP contribution in [0.25, 0.3) is 0 Å². The second-order valence-electron chi connectivity index (χ2n) is 14.9. The molecule has 8 nitrogen and oxygen atoms in total. The predicted molar refractivity (Wildman–Crippen MR) is 217 cm³/mol. The van der Waals surface area contributed by atoms with Gasteiger partial charge in [0, 0.05) is 13.0 Å². The largest absolute Gasteiger partial charge is 0.472 e. The molecule has 1 amide bonds. The van der Waals surface area contributed by atoms with Gasteiger partial charge in [0.15, 0.2) is 0 Å². The minimum Gasteiger partial charge on any atom is -0.387 e. The number of allylic oxidation sites excluding steroid dienone is 1. The third-order valence-corrected chi connectivity index (χ3v) is 10.8. The lowest BCUT2D eigenvalue weighted by Crippen LogP contribution is -2.45. The van der Waals surface area contributed by atoms with Crippen LogP contribution in [0.4, 0.5) is 0 Å². The van der Waals surface area contributed by atoms with Crippen LogP contribution in [0.5, 0.6) is 0 Å². The number of rotatable bonds is 41. The van der Waals surface area contributed by atoms with Crippen molar-refractivity contribution in [1.29, 1.82) is 0 Å². The molecule has 0 fully saturated rings. The quantitative estimate of drug-likeness (QED) is 0.0278. The Balaban J connectivity index is 4.11. The molecular weight excluding hydrogens is 659 g/mol. The molecule has 0 aliphatic rings. The van der Waals surface area contributed by atoms with Gasteiger partial charge in [-0.05, 0) is 19.3 Å². The topological polar surface area (TPSA) is 131 Å². The molecule has 0 aromatic carbocycles. The molecule has 0 aliphatic carbocycles. The second-order valence-corrected chi connectivity index (χ2v) is 16.4. The number of unbranched alkanes of at least 4 members (excludes halogenated alkanes) is 29. The average Bonchev–Trinajstić information content (AvgIpc) is 3.12. The molecule has 3 atom stereocenters. The number of amides is 1. The minimum absolute atomic E-state index is 0.0812. The van der Waals surface area contributed by atoms with Gasteiger partial charge in [0.05, 0.1) is 25.4 Å². The first-order chi connectivity index (χ1) is 24.9. The molecule has 3 unspecified atom stereocenters. The van der Waals surface area contributed by atoms with E-state index in [1.807, 2.05) is 6.08 Å². The SMILES string of the molecule is CCCCCCCCCCCC/C=C/C(O)C(COP(=O)(O)OCCN)NC(=O)CCCCCCCCCCCCCCCCCCCCCC. The Morgan fingerprint density at radius 3 is 1.39 bits per heavy atom. The Morgan fingerprint density at radius 2 is 1.00 bits per heavy atom. The summed E-state index contributed by atoms with van der Waals surface area (Å²) >= 11 is 0. The van der Waals surface area contributed by atoms with Gasteiger partial charge in [-0.1, -0.05) is 206 Å². The number of hydrogen-bond donors (Lipinski definition) is 4. The highest BCUT2D eigenvalue weighted by atomic mass is 31.2. The summed E-state index contributed by atoms with van der Waals surface area (Å²) in [6.07, 6.45) is 42.6. The van der Waals surface area contributed by atoms with Gasteiger partial charge < -0.3 is 21.1 Å². The van der Waals surface area contributed by atoms with E-state index in [9.17, 15) is 19.4 Å². The van der Waals surface area contributed by atoms with Crippen LogP contribution < -0.4 is 11.1 Å². The number of phosphoric acid groups is 1. The van der Waals surface area contributed by atoms with Gasteiger partial charge in [-0.15, -0.1) is 0 Å². The monoisotopic (exact) mass is 745 g/mol. The van der Waals surface area contributed by atoms with Gasteiger partial charge in [0.25, 0.3) is 0 Å². The lowest BCUT2D eigenvalue weighted by molar-refractivity contribution is -0.123. The standard InChI is InChI=1S/C42H85N2O6P/c1-3-5-7-9-11-13-15-17-18-19-20-21-22-23-24-26-28-30-32-34-36-42(46)44-40(39-50-51(47,48)49-38-37-43)41(45)35-33-31-29-27-25-16-14-12-10-8-6-4-2/h33,35,40-41,45H,3-32,34,36-39,43H2,1-2H3,(H,44,46)(H,47,48)/b35-33+. The number of aliphatic hydroxyl groups excluding tert-OH is 1. The van der Waals surface area contributed by atoms with Crippen LogP contribution >= 0.6 is 7.82 Å². The summed E-state index contributed by atoms with van der Waals surface area (Å²) in [5.41, 5.74) is 5.37. The number of hydrogen-bond acceptors (Lipinski definition) is 6. The fraction of sp³-hybridized carbons (Fsp3) is 0.929. The van der Waals surface area contributed by atoms with Crippen LogP contribution in [0.1, 0.15) is 219 Å². The zero-order valence-electron chi connectivity index (χ0n) is 33.6. The van der Waals surface area contributed by atoms with E-state index in [1.165, 1.54) is 161 Å². The van der Waals surface area contributed by atoms with Crippen molar-refractivity contribution in [3.63, 3.8) is 0 Å². The third-order valence-electron chi connectivity index (χ3n) is 9.86. The van der Waals surface area contributed by atoms with E-state index in [0.717, 1.165) is 38.5 Å². The molecule has 0 aromatic rings. The van der Waals surface area contributed by atoms with Crippen molar-refractivity contribution in [2.24, 2.45) is 5.73 Å². The predicted octanol–water partition coefficient (Wildman–Crippen LogP) is 12.0. The first-order valence-electron chi connectivity index (χ1n) is 21.8. The van der Waals surface area contributed by atoms with Crippen molar-refractivity contribution < 1.29 is 28.4 Å². The molecule has 0 saturated heterocycles. The highest BCUT2D eigenvalue weighted by Gasteiger charge is 2.26. The van der Waals surface area contributed by atoms with Crippen LogP contribution in [-0.2, 0) is 18.4 Å². The Bertz CT molecular complexity index is 814. The summed E-state index contributed by atoms with van der Waals surface area (Å²) < 4.78 is 22.1. The molecule has 304 valence electrons. The summed E-state index contributed by atoms with van der Waals surface area (Å²) in [5.74, 6) is -0.191. The van der Waals surface area contributed by atoms with E-state index < -0.39 is 20.0 Å². The molecule has 0 bridgehead atoms. The third kappa shape index (κ3) is 37.4. The summed E-state index contributed by atoms with van der Waals surface area (Å²) in [6.45, 7) is 4.15. The number of carbonyl (C=O) groups is 1. The molecule has 9 heteroatoms. The lowest BCUT2D eigenvalue weighted by atomic mass is 10.0. The maximum atomic E-state index is 12.7. The number of aliphatic hydroxyl groups is 1. The van der Waals surface area contributed by atoms with E-state index in [0.29, 0.717) is 6.42 Å². The van der Waals surface area contributed by atoms with Gasteiger partial charge in [-0.2, -0.15) is 0 Å². The van der Waals surface area contributed by atoms with Gasteiger partial charge in [-0.3, -0.25) is 13.8 Å². The van der Waals surface area contributed by atoms with Crippen molar-refractivity contribution in [2.75, 3.05) is 19.8 Å². The Labute approximate surface area is 315 Å². The minimum atomic E-state index is -4.33. The highest BCUT2D eigenvalue weighted by molar-refractivity contribution is 7.47. The number of phosphoric ester groups is 1. The Hall–Kier alpha value is -0.760. The van der Waals surface area contributed by atoms with Crippen molar-refractivity contribution in [1.82, 2.24) is 5.32 Å². The molecule has 0 radical (unpaired) electrons. The molecule has 0 saturated carbocycles. The molecule has 51 heavy (non-hydrogen) atoms. The summed E-state index contributed by atoms with van der Waals surface area (Å²) in [5, 5.41) is 13.6. The van der Waals surface area contributed by atoms with Gasteiger partial charge >= 0.3 is 7.82 Å². The van der Waals surface area contributed by atoms with Gasteiger partial charge in [0.1, 0.15) is 0 Å². The summed E-state index contributed by atoms with van der Waals surface area (Å²) in [6, 6.07) is -0.853. The zero-order chi connectivity index (χ0) is 37.5. The van der Waals surface area contributed by atoms with Crippen LogP contribution in [0.15, 0.2) is 12.2 Å². The van der Waals surface area contributed by atoms with Crippen molar-refractivity contribution >= 4 is 13.7 Å². The molecule has 0 aromatic heterocycles. The van der Waals surface area contributed by atoms with Crippen LogP contribution in [0.2, 0.25) is 0 Å². The molecule has 0 heterocycles. The molecular formula is C42H85N2O6P. The Kier molecular flexibility index (Phi) is 38.4. The molecule has 0 spiro atoms. The van der Waals surface area contributed by atoms with Crippen molar-refractivity contribution in [3.8, 4) is 0 Å². The molecule has 0 aliphatic heterocycles. The van der Waals surface area contributed by atoms with Gasteiger partial charge in [0.2, 0.25) is 5.91 Å². The lowest BCUT2D eigenvalue weighted by Gasteiger charge is -2.23. The number of carbonyl (C=O) groups excluding carboxylic acids is 1. The maximum absolute atomic E-state index is 12.7. The van der Waals surface area contributed by atoms with E-state index >= 15 is 0 Å². The van der Waals surface area contributed by atoms with Gasteiger partial charge in [-0.25, -0.2) is 4.57 Å². The van der Waals surface area contributed by atoms with Crippen molar-refractivity contribution in [3.05, 3.63) is 12.2 Å². The zero-order valence-corrected chi connectivity index (χ0v) is 34.5. The first-order valence-corrected chi connectivity index (χ1v) is 23.3. The fourth-order valence-corrected chi connectivity index (χ4v) is 7.30. The van der Waals surface area contributed by atoms with E-state index in [2.05, 4.69) is 19.2 Å². The fourth-order valence-electron chi connectivity index (χ4n) is 6.54. The van der Waals surface area contributed by atoms with E-state index in [4.69, 9.17) is 14.8 Å². The van der Waals surface area contributed by atoms with E-state index in [1.54, 1.807) is 6.08 Å². The maximum Gasteiger partial charge on any atom is 0.472 e. The molecule has 0 rings (SSSR count). The van der Waals surface area contributed by atoms with Crippen molar-refractivity contribution in [2.45, 2.75) is 231 Å². The van der Waals surface area contributed by atoms with Crippen LogP contribution in [0, 0.1) is 0 Å². The Morgan fingerprint density at radius 1 is 0.627 bits per heavy atom. The number of nitrogens with two attached hydrogens (primary N) is 1. The van der Waals surface area contributed by atoms with Crippen LogP contribution in [0.3, 0.4) is 0 Å². The first kappa shape index (κ1) is 50.2. The second kappa shape index (κ2) is 38.9. The highest BCUT2D eigenvalue weighted by Crippen LogP contribution is 2.43. The smallest absolute Gasteiger partial charge is 0.387 e.